The molecule has 0 radical (unpaired) electrons. The zero-order chi connectivity index (χ0) is 14.7. The Morgan fingerprint density at radius 1 is 1.00 bits per heavy atom. The van der Waals surface area contributed by atoms with Gasteiger partial charge in [0.2, 0.25) is 0 Å². The molecule has 4 nitrogen and oxygen atoms in total. The number of nitrogens with one attached hydrogen (secondary N) is 2. The summed E-state index contributed by atoms with van der Waals surface area (Å²) in [5, 5.41) is 3.89. The molecular formula is C13H10Cl3N3O. The fraction of sp³-hybridized carbons (Fsp3) is 0. The molecule has 104 valence electrons. The van der Waals surface area contributed by atoms with Crippen molar-refractivity contribution in [3.8, 4) is 0 Å². The minimum absolute atomic E-state index is 0.325. The molecule has 20 heavy (non-hydrogen) atoms. The third-order valence-electron chi connectivity index (χ3n) is 2.56. The van der Waals surface area contributed by atoms with Gasteiger partial charge in [0.25, 0.3) is 5.91 Å². The maximum atomic E-state index is 12.2. The Morgan fingerprint density at radius 3 is 2.40 bits per heavy atom. The van der Waals surface area contributed by atoms with Crippen LogP contribution in [0.3, 0.4) is 0 Å². The van der Waals surface area contributed by atoms with Gasteiger partial charge in [0.05, 0.1) is 21.3 Å². The highest BCUT2D eigenvalue weighted by molar-refractivity contribution is 6.42. The van der Waals surface area contributed by atoms with Gasteiger partial charge < -0.3 is 10.7 Å². The summed E-state index contributed by atoms with van der Waals surface area (Å²) >= 11 is 17.6. The largest absolute Gasteiger partial charge is 0.323 e. The van der Waals surface area contributed by atoms with E-state index in [1.54, 1.807) is 30.3 Å². The van der Waals surface area contributed by atoms with E-state index >= 15 is 0 Å². The summed E-state index contributed by atoms with van der Waals surface area (Å²) in [5.74, 6) is 5.00. The summed E-state index contributed by atoms with van der Waals surface area (Å²) in [6, 6.07) is 9.57. The first-order valence-electron chi connectivity index (χ1n) is 5.54. The predicted octanol–water partition coefficient (Wildman–Crippen LogP) is 4.18. The van der Waals surface area contributed by atoms with Gasteiger partial charge in [0.1, 0.15) is 0 Å². The van der Waals surface area contributed by atoms with Crippen molar-refractivity contribution < 1.29 is 4.79 Å². The van der Waals surface area contributed by atoms with Gasteiger partial charge in [-0.2, -0.15) is 0 Å². The zero-order valence-electron chi connectivity index (χ0n) is 10.1. The van der Waals surface area contributed by atoms with Gasteiger partial charge >= 0.3 is 0 Å². The molecule has 0 aliphatic rings. The zero-order valence-corrected chi connectivity index (χ0v) is 12.4. The van der Waals surface area contributed by atoms with Crippen LogP contribution in [0.25, 0.3) is 0 Å². The lowest BCUT2D eigenvalue weighted by Gasteiger charge is -2.10. The molecule has 0 unspecified atom stereocenters. The number of nitrogen functional groups attached to an aromatic ring is 1. The number of hydrogen-bond donors (Lipinski definition) is 3. The summed E-state index contributed by atoms with van der Waals surface area (Å²) in [6.07, 6.45) is 0. The number of halogens is 3. The monoisotopic (exact) mass is 329 g/mol. The minimum atomic E-state index is -0.362. The fourth-order valence-electron chi connectivity index (χ4n) is 1.60. The van der Waals surface area contributed by atoms with Crippen LogP contribution in [0.2, 0.25) is 15.1 Å². The van der Waals surface area contributed by atoms with E-state index in [1.807, 2.05) is 0 Å². The second-order valence-corrected chi connectivity index (χ2v) is 5.17. The van der Waals surface area contributed by atoms with Crippen molar-refractivity contribution in [1.82, 2.24) is 0 Å². The van der Waals surface area contributed by atoms with Gasteiger partial charge in [-0.3, -0.25) is 10.6 Å². The van der Waals surface area contributed by atoms with Crippen molar-refractivity contribution in [3.63, 3.8) is 0 Å². The second-order valence-electron chi connectivity index (χ2n) is 3.92. The summed E-state index contributed by atoms with van der Waals surface area (Å²) in [5.41, 5.74) is 3.75. The van der Waals surface area contributed by atoms with Gasteiger partial charge in [-0.05, 0) is 36.4 Å². The van der Waals surface area contributed by atoms with Crippen molar-refractivity contribution in [3.05, 3.63) is 57.0 Å². The Balaban J connectivity index is 2.27. The van der Waals surface area contributed by atoms with Crippen LogP contribution in [0.4, 0.5) is 11.4 Å². The molecular weight excluding hydrogens is 321 g/mol. The Bertz CT molecular complexity index is 661. The number of nitrogens with two attached hydrogens (primary N) is 1. The SMILES string of the molecule is NNc1ccc(Cl)cc1C(=O)Nc1ccc(Cl)c(Cl)c1. The first-order chi connectivity index (χ1) is 9.51. The van der Waals surface area contributed by atoms with Crippen molar-refractivity contribution >= 4 is 52.1 Å². The normalized spacial score (nSPS) is 10.2. The lowest BCUT2D eigenvalue weighted by atomic mass is 10.1. The average Bonchev–Trinajstić information content (AvgIpc) is 2.43. The molecule has 0 atom stereocenters. The van der Waals surface area contributed by atoms with E-state index in [-0.39, 0.29) is 5.91 Å². The maximum Gasteiger partial charge on any atom is 0.257 e. The minimum Gasteiger partial charge on any atom is -0.323 e. The standard InChI is InChI=1S/C13H10Cl3N3O/c14-7-1-4-12(19-17)9(5-7)13(20)18-8-2-3-10(15)11(16)6-8/h1-6,19H,17H2,(H,18,20). The lowest BCUT2D eigenvalue weighted by molar-refractivity contribution is 0.102. The maximum absolute atomic E-state index is 12.2. The van der Waals surface area contributed by atoms with Crippen LogP contribution in [0, 0.1) is 0 Å². The number of hydrogen-bond acceptors (Lipinski definition) is 3. The molecule has 0 aromatic heterocycles. The molecule has 0 fully saturated rings. The van der Waals surface area contributed by atoms with E-state index in [4.69, 9.17) is 40.6 Å². The molecule has 0 aliphatic carbocycles. The smallest absolute Gasteiger partial charge is 0.257 e. The van der Waals surface area contributed by atoms with Crippen LogP contribution < -0.4 is 16.6 Å². The topological polar surface area (TPSA) is 67.1 Å². The summed E-state index contributed by atoms with van der Waals surface area (Å²) < 4.78 is 0. The third-order valence-corrected chi connectivity index (χ3v) is 3.53. The molecule has 0 heterocycles. The van der Waals surface area contributed by atoms with E-state index in [2.05, 4.69) is 10.7 Å². The van der Waals surface area contributed by atoms with E-state index in [1.165, 1.54) is 6.07 Å². The quantitative estimate of drug-likeness (QED) is 0.584. The third kappa shape index (κ3) is 3.35. The van der Waals surface area contributed by atoms with Gasteiger partial charge in [-0.1, -0.05) is 34.8 Å². The molecule has 7 heteroatoms. The van der Waals surface area contributed by atoms with Crippen LogP contribution >= 0.6 is 34.8 Å². The number of rotatable bonds is 3. The van der Waals surface area contributed by atoms with Crippen molar-refractivity contribution in [2.45, 2.75) is 0 Å². The highest BCUT2D eigenvalue weighted by atomic mass is 35.5. The van der Waals surface area contributed by atoms with Crippen molar-refractivity contribution in [1.29, 1.82) is 0 Å². The van der Waals surface area contributed by atoms with Crippen LogP contribution in [-0.4, -0.2) is 5.91 Å². The van der Waals surface area contributed by atoms with Crippen molar-refractivity contribution in [2.75, 3.05) is 10.7 Å². The van der Waals surface area contributed by atoms with Gasteiger partial charge in [0, 0.05) is 10.7 Å². The number of anilines is 2. The lowest BCUT2D eigenvalue weighted by Crippen LogP contribution is -2.17. The van der Waals surface area contributed by atoms with Gasteiger partial charge in [-0.25, -0.2) is 0 Å². The van der Waals surface area contributed by atoms with E-state index in [0.29, 0.717) is 32.0 Å². The van der Waals surface area contributed by atoms with Crippen LogP contribution in [0.1, 0.15) is 10.4 Å². The van der Waals surface area contributed by atoms with Crippen molar-refractivity contribution in [2.24, 2.45) is 5.84 Å². The van der Waals surface area contributed by atoms with Crippen LogP contribution in [0.15, 0.2) is 36.4 Å². The molecule has 2 aromatic carbocycles. The number of amides is 1. The Labute approximate surface area is 130 Å². The average molecular weight is 331 g/mol. The summed E-state index contributed by atoms with van der Waals surface area (Å²) in [4.78, 5) is 12.2. The molecule has 0 saturated heterocycles. The van der Waals surface area contributed by atoms with E-state index in [0.717, 1.165) is 0 Å². The summed E-state index contributed by atoms with van der Waals surface area (Å²) in [6.45, 7) is 0. The first-order valence-corrected chi connectivity index (χ1v) is 6.67. The molecule has 0 bridgehead atoms. The molecule has 1 amide bonds. The molecule has 0 spiro atoms. The predicted molar refractivity (Wildman–Crippen MR) is 83.7 cm³/mol. The number of carbonyl (C=O) groups is 1. The number of carbonyl (C=O) groups excluding carboxylic acids is 1. The Kier molecular flexibility index (Phi) is 4.73. The molecule has 0 saturated carbocycles. The number of hydrazine groups is 1. The van der Waals surface area contributed by atoms with E-state index in [9.17, 15) is 4.79 Å². The molecule has 0 aliphatic heterocycles. The molecule has 2 rings (SSSR count). The molecule has 2 aromatic rings. The van der Waals surface area contributed by atoms with Gasteiger partial charge in [-0.15, -0.1) is 0 Å². The first kappa shape index (κ1) is 14.9. The van der Waals surface area contributed by atoms with Crippen LogP contribution in [0.5, 0.6) is 0 Å². The second kappa shape index (κ2) is 6.33. The highest BCUT2D eigenvalue weighted by Gasteiger charge is 2.12. The van der Waals surface area contributed by atoms with E-state index < -0.39 is 0 Å². The Morgan fingerprint density at radius 2 is 1.75 bits per heavy atom. The highest BCUT2D eigenvalue weighted by Crippen LogP contribution is 2.26. The van der Waals surface area contributed by atoms with Crippen LogP contribution in [-0.2, 0) is 0 Å². The number of benzene rings is 2. The summed E-state index contributed by atoms with van der Waals surface area (Å²) in [7, 11) is 0. The fourth-order valence-corrected chi connectivity index (χ4v) is 2.07. The molecule has 4 N–H and O–H groups in total. The van der Waals surface area contributed by atoms with Gasteiger partial charge in [0.15, 0.2) is 0 Å². The Hall–Kier alpha value is -1.46.